The van der Waals surface area contributed by atoms with E-state index in [0.717, 1.165) is 56.5 Å². The van der Waals surface area contributed by atoms with Gasteiger partial charge in [0.1, 0.15) is 0 Å². The fourth-order valence-electron chi connectivity index (χ4n) is 5.19. The Morgan fingerprint density at radius 1 is 1.22 bits per heavy atom. The summed E-state index contributed by atoms with van der Waals surface area (Å²) < 4.78 is 0. The van der Waals surface area contributed by atoms with Crippen LogP contribution < -0.4 is 0 Å². The zero-order chi connectivity index (χ0) is 19.1. The van der Waals surface area contributed by atoms with E-state index in [-0.39, 0.29) is 5.41 Å². The first-order valence-corrected chi connectivity index (χ1v) is 10.3. The van der Waals surface area contributed by atoms with Gasteiger partial charge in [-0.2, -0.15) is 0 Å². The van der Waals surface area contributed by atoms with Gasteiger partial charge in [0.2, 0.25) is 5.72 Å². The molecule has 146 valence electrons. The van der Waals surface area contributed by atoms with E-state index in [2.05, 4.69) is 17.0 Å². The number of carboxylic acid groups (broad SMARTS) is 1. The zero-order valence-corrected chi connectivity index (χ0v) is 16.5. The molecule has 5 nitrogen and oxygen atoms in total. The van der Waals surface area contributed by atoms with Crippen molar-refractivity contribution in [3.8, 4) is 0 Å². The van der Waals surface area contributed by atoms with Crippen LogP contribution in [0.15, 0.2) is 29.4 Å². The van der Waals surface area contributed by atoms with Crippen LogP contribution in [-0.4, -0.2) is 40.5 Å². The van der Waals surface area contributed by atoms with Gasteiger partial charge in [-0.05, 0) is 44.7 Å². The van der Waals surface area contributed by atoms with Gasteiger partial charge in [-0.1, -0.05) is 41.7 Å². The quantitative estimate of drug-likeness (QED) is 0.823. The highest BCUT2D eigenvalue weighted by Crippen LogP contribution is 2.54. The fourth-order valence-corrected chi connectivity index (χ4v) is 5.32. The van der Waals surface area contributed by atoms with Gasteiger partial charge in [-0.25, -0.2) is 0 Å². The summed E-state index contributed by atoms with van der Waals surface area (Å²) in [5.74, 6) is -1.12. The lowest BCUT2D eigenvalue weighted by Crippen LogP contribution is -2.61. The minimum absolute atomic E-state index is 0.348. The van der Waals surface area contributed by atoms with Crippen LogP contribution in [0.2, 0.25) is 5.02 Å². The number of fused-ring (bicyclic) bond motifs is 1. The van der Waals surface area contributed by atoms with Crippen molar-refractivity contribution in [3.05, 3.63) is 34.9 Å². The number of halogens is 1. The average molecular weight is 391 g/mol. The highest BCUT2D eigenvalue weighted by atomic mass is 35.5. The van der Waals surface area contributed by atoms with Crippen molar-refractivity contribution in [1.29, 1.82) is 0 Å². The summed E-state index contributed by atoms with van der Waals surface area (Å²) in [4.78, 5) is 20.6. The molecule has 1 saturated carbocycles. The monoisotopic (exact) mass is 390 g/mol. The second kappa shape index (κ2) is 7.10. The lowest BCUT2D eigenvalue weighted by molar-refractivity contribution is -0.200. The number of carbonyl (C=O) groups is 1. The van der Waals surface area contributed by atoms with Crippen molar-refractivity contribution >= 4 is 23.3 Å². The maximum Gasteiger partial charge on any atom is 0.306 e. The summed E-state index contributed by atoms with van der Waals surface area (Å²) in [6.45, 7) is 4.09. The van der Waals surface area contributed by atoms with E-state index >= 15 is 0 Å². The number of nitrogens with zero attached hydrogens (tertiary/aromatic N) is 2. The summed E-state index contributed by atoms with van der Waals surface area (Å²) in [7, 11) is 0. The van der Waals surface area contributed by atoms with Crippen LogP contribution in [0.3, 0.4) is 0 Å². The maximum atomic E-state index is 11.9. The Morgan fingerprint density at radius 2 is 1.93 bits per heavy atom. The van der Waals surface area contributed by atoms with Crippen LogP contribution in [0.25, 0.3) is 0 Å². The molecule has 2 aliphatic heterocycles. The molecule has 4 rings (SSSR count). The van der Waals surface area contributed by atoms with E-state index in [4.69, 9.17) is 16.4 Å². The average Bonchev–Trinajstić information content (AvgIpc) is 3.25. The SMILES string of the molecule is CC12CCCCC(C(=O)O)CC1(N1CCCC1)ON=C2c1ccc(Cl)cc1. The number of oxime groups is 1. The van der Waals surface area contributed by atoms with Gasteiger partial charge in [-0.3, -0.25) is 9.69 Å². The number of carboxylic acids is 1. The van der Waals surface area contributed by atoms with Gasteiger partial charge in [0.15, 0.2) is 0 Å². The molecule has 3 atom stereocenters. The number of hydrogen-bond acceptors (Lipinski definition) is 4. The Hall–Kier alpha value is -1.59. The molecule has 3 unspecified atom stereocenters. The molecule has 6 heteroatoms. The molecule has 1 aliphatic carbocycles. The third kappa shape index (κ3) is 3.05. The Kier molecular flexibility index (Phi) is 4.93. The van der Waals surface area contributed by atoms with Crippen LogP contribution in [0.1, 0.15) is 57.4 Å². The highest BCUT2D eigenvalue weighted by molar-refractivity contribution is 6.30. The van der Waals surface area contributed by atoms with E-state index in [1.165, 1.54) is 0 Å². The van der Waals surface area contributed by atoms with Gasteiger partial charge < -0.3 is 9.94 Å². The number of likely N-dealkylation sites (tertiary alicyclic amines) is 1. The molecule has 1 saturated heterocycles. The number of aliphatic carboxylic acids is 1. The first-order valence-electron chi connectivity index (χ1n) is 9.97. The van der Waals surface area contributed by atoms with E-state index < -0.39 is 17.6 Å². The van der Waals surface area contributed by atoms with Gasteiger partial charge in [0.25, 0.3) is 0 Å². The topological polar surface area (TPSA) is 62.1 Å². The minimum Gasteiger partial charge on any atom is -0.481 e. The molecular weight excluding hydrogens is 364 g/mol. The fraction of sp³-hybridized carbons (Fsp3) is 0.619. The van der Waals surface area contributed by atoms with Crippen LogP contribution in [-0.2, 0) is 9.63 Å². The molecule has 0 spiro atoms. The second-order valence-electron chi connectivity index (χ2n) is 8.33. The Labute approximate surface area is 165 Å². The van der Waals surface area contributed by atoms with Gasteiger partial charge >= 0.3 is 5.97 Å². The van der Waals surface area contributed by atoms with Crippen molar-refractivity contribution in [2.75, 3.05) is 13.1 Å². The van der Waals surface area contributed by atoms with Crippen molar-refractivity contribution in [3.63, 3.8) is 0 Å². The van der Waals surface area contributed by atoms with Crippen molar-refractivity contribution in [1.82, 2.24) is 4.90 Å². The predicted octanol–water partition coefficient (Wildman–Crippen LogP) is 4.54. The van der Waals surface area contributed by atoms with Crippen LogP contribution in [0.4, 0.5) is 0 Å². The third-order valence-electron chi connectivity index (χ3n) is 6.76. The normalized spacial score (nSPS) is 34.3. The summed E-state index contributed by atoms with van der Waals surface area (Å²) in [5.41, 5.74) is 0.911. The molecule has 1 aromatic rings. The lowest BCUT2D eigenvalue weighted by Gasteiger charge is -2.49. The van der Waals surface area contributed by atoms with Crippen molar-refractivity contribution in [2.45, 2.75) is 57.6 Å². The molecule has 0 bridgehead atoms. The van der Waals surface area contributed by atoms with E-state index in [9.17, 15) is 9.90 Å². The molecule has 27 heavy (non-hydrogen) atoms. The van der Waals surface area contributed by atoms with Gasteiger partial charge in [0, 0.05) is 30.1 Å². The lowest BCUT2D eigenvalue weighted by atomic mass is 9.64. The smallest absolute Gasteiger partial charge is 0.306 e. The van der Waals surface area contributed by atoms with Crippen LogP contribution in [0, 0.1) is 11.3 Å². The molecule has 1 N–H and O–H groups in total. The van der Waals surface area contributed by atoms with Crippen molar-refractivity contribution in [2.24, 2.45) is 16.5 Å². The first kappa shape index (κ1) is 18.8. The molecule has 1 aromatic carbocycles. The third-order valence-corrected chi connectivity index (χ3v) is 7.01. The van der Waals surface area contributed by atoms with E-state index in [1.807, 2.05) is 24.3 Å². The standard InChI is InChI=1S/C21H27ClN2O3/c1-20-11-3-2-6-16(19(25)26)14-21(20,24-12-4-5-13-24)27-23-18(20)15-7-9-17(22)10-8-15/h7-10,16H,2-6,11-14H2,1H3,(H,25,26). The zero-order valence-electron chi connectivity index (χ0n) is 15.8. The Morgan fingerprint density at radius 3 is 2.59 bits per heavy atom. The number of benzene rings is 1. The highest BCUT2D eigenvalue weighted by Gasteiger charge is 2.63. The predicted molar refractivity (Wildman–Crippen MR) is 105 cm³/mol. The Balaban J connectivity index is 1.78. The molecule has 3 aliphatic rings. The molecule has 0 amide bonds. The maximum absolute atomic E-state index is 11.9. The minimum atomic E-state index is -0.721. The molecule has 2 fully saturated rings. The van der Waals surface area contributed by atoms with Gasteiger partial charge in [-0.15, -0.1) is 0 Å². The first-order chi connectivity index (χ1) is 13.0. The van der Waals surface area contributed by atoms with Crippen LogP contribution >= 0.6 is 11.6 Å². The van der Waals surface area contributed by atoms with E-state index in [0.29, 0.717) is 17.9 Å². The molecule has 0 aromatic heterocycles. The summed E-state index contributed by atoms with van der Waals surface area (Å²) in [6, 6.07) is 7.73. The van der Waals surface area contributed by atoms with Crippen LogP contribution in [0.5, 0.6) is 0 Å². The van der Waals surface area contributed by atoms with E-state index in [1.54, 1.807) is 0 Å². The molecule has 0 radical (unpaired) electrons. The second-order valence-corrected chi connectivity index (χ2v) is 8.77. The molecule has 2 heterocycles. The van der Waals surface area contributed by atoms with Crippen molar-refractivity contribution < 1.29 is 14.7 Å². The summed E-state index contributed by atoms with van der Waals surface area (Å²) >= 11 is 6.08. The number of rotatable bonds is 3. The Bertz CT molecular complexity index is 744. The summed E-state index contributed by atoms with van der Waals surface area (Å²) in [6.07, 6.45) is 6.28. The number of hydrogen-bond donors (Lipinski definition) is 1. The summed E-state index contributed by atoms with van der Waals surface area (Å²) in [5, 5.41) is 15.1. The van der Waals surface area contributed by atoms with Gasteiger partial charge in [0.05, 0.1) is 17.0 Å². The molecular formula is C21H27ClN2O3. The largest absolute Gasteiger partial charge is 0.481 e.